The van der Waals surface area contributed by atoms with Gasteiger partial charge >= 0.3 is 0 Å². The number of nitrogens with zero attached hydrogens (tertiary/aromatic N) is 2. The van der Waals surface area contributed by atoms with Gasteiger partial charge in [0.2, 0.25) is 0 Å². The summed E-state index contributed by atoms with van der Waals surface area (Å²) in [5.74, 6) is 0. The molecule has 0 amide bonds. The maximum Gasteiger partial charge on any atom is 0.0998 e. The molecule has 0 unspecified atom stereocenters. The lowest BCUT2D eigenvalue weighted by atomic mass is 9.95. The van der Waals surface area contributed by atoms with Crippen molar-refractivity contribution in [2.45, 2.75) is 12.5 Å². The van der Waals surface area contributed by atoms with Crippen LogP contribution in [0.1, 0.15) is 6.92 Å². The Kier molecular flexibility index (Phi) is 2.07. The highest BCUT2D eigenvalue weighted by molar-refractivity contribution is 5.67. The minimum Gasteiger partial charge on any atom is -0.396 e. The number of pyridine rings is 1. The fraction of sp³-hybridized carbons (Fsp3) is 0.500. The third-order valence-electron chi connectivity index (χ3n) is 2.71. The molecule has 1 aromatic rings. The molecule has 0 atom stereocenters. The summed E-state index contributed by atoms with van der Waals surface area (Å²) in [5, 5.41) is 0. The Morgan fingerprint density at radius 1 is 1.57 bits per heavy atom. The van der Waals surface area contributed by atoms with Crippen LogP contribution in [0.5, 0.6) is 0 Å². The van der Waals surface area contributed by atoms with Gasteiger partial charge in [0, 0.05) is 26.4 Å². The summed E-state index contributed by atoms with van der Waals surface area (Å²) >= 11 is 0. The standard InChI is InChI=1S/C10H15N3O/c1-10(14-2)6-13(7-10)9-3-4-12-5-8(9)11/h3-5H,6-7,11H2,1-2H3. The monoisotopic (exact) mass is 193 g/mol. The maximum atomic E-state index is 5.82. The summed E-state index contributed by atoms with van der Waals surface area (Å²) < 4.78 is 5.37. The number of nitrogens with two attached hydrogens (primary N) is 1. The van der Waals surface area contributed by atoms with Gasteiger partial charge in [-0.05, 0) is 13.0 Å². The summed E-state index contributed by atoms with van der Waals surface area (Å²) in [7, 11) is 1.74. The van der Waals surface area contributed by atoms with Gasteiger partial charge in [0.05, 0.1) is 23.2 Å². The largest absolute Gasteiger partial charge is 0.396 e. The second-order valence-corrected chi connectivity index (χ2v) is 3.94. The Morgan fingerprint density at radius 3 is 2.86 bits per heavy atom. The molecule has 1 saturated heterocycles. The van der Waals surface area contributed by atoms with E-state index in [1.165, 1.54) is 0 Å². The van der Waals surface area contributed by atoms with E-state index in [4.69, 9.17) is 10.5 Å². The first-order valence-electron chi connectivity index (χ1n) is 4.64. The summed E-state index contributed by atoms with van der Waals surface area (Å²) in [6, 6.07) is 1.94. The van der Waals surface area contributed by atoms with Crippen LogP contribution in [-0.4, -0.2) is 30.8 Å². The van der Waals surface area contributed by atoms with Gasteiger partial charge in [0.15, 0.2) is 0 Å². The smallest absolute Gasteiger partial charge is 0.0998 e. The minimum absolute atomic E-state index is 0.0181. The molecule has 0 aliphatic carbocycles. The zero-order chi connectivity index (χ0) is 10.2. The van der Waals surface area contributed by atoms with Crippen LogP contribution in [0.3, 0.4) is 0 Å². The summed E-state index contributed by atoms with van der Waals surface area (Å²) in [6.45, 7) is 3.87. The first-order chi connectivity index (χ1) is 6.64. The van der Waals surface area contributed by atoms with E-state index in [-0.39, 0.29) is 5.60 Å². The molecule has 2 rings (SSSR count). The van der Waals surface area contributed by atoms with Crippen LogP contribution in [0.25, 0.3) is 0 Å². The van der Waals surface area contributed by atoms with Gasteiger partial charge < -0.3 is 15.4 Å². The molecular formula is C10H15N3O. The van der Waals surface area contributed by atoms with Crippen LogP contribution < -0.4 is 10.6 Å². The molecule has 0 spiro atoms. The zero-order valence-electron chi connectivity index (χ0n) is 8.53. The molecule has 2 heterocycles. The van der Waals surface area contributed by atoms with E-state index in [0.29, 0.717) is 0 Å². The number of anilines is 2. The second kappa shape index (κ2) is 3.13. The Balaban J connectivity index is 2.10. The van der Waals surface area contributed by atoms with Gasteiger partial charge in [-0.25, -0.2) is 0 Å². The van der Waals surface area contributed by atoms with Crippen molar-refractivity contribution >= 4 is 11.4 Å². The lowest BCUT2D eigenvalue weighted by molar-refractivity contribution is -0.0167. The number of aromatic nitrogens is 1. The molecule has 1 aliphatic heterocycles. The van der Waals surface area contributed by atoms with Crippen molar-refractivity contribution in [3.63, 3.8) is 0 Å². The predicted octanol–water partition coefficient (Wildman–Crippen LogP) is 0.889. The van der Waals surface area contributed by atoms with E-state index >= 15 is 0 Å². The van der Waals surface area contributed by atoms with Gasteiger partial charge in [-0.3, -0.25) is 4.98 Å². The van der Waals surface area contributed by atoms with Crippen molar-refractivity contribution in [3.8, 4) is 0 Å². The van der Waals surface area contributed by atoms with E-state index < -0.39 is 0 Å². The highest BCUT2D eigenvalue weighted by atomic mass is 16.5. The average molecular weight is 193 g/mol. The third-order valence-corrected chi connectivity index (χ3v) is 2.71. The van der Waals surface area contributed by atoms with Crippen molar-refractivity contribution in [3.05, 3.63) is 18.5 Å². The van der Waals surface area contributed by atoms with E-state index in [0.717, 1.165) is 24.5 Å². The summed E-state index contributed by atoms with van der Waals surface area (Å²) in [4.78, 5) is 6.15. The van der Waals surface area contributed by atoms with Gasteiger partial charge in [0.25, 0.3) is 0 Å². The van der Waals surface area contributed by atoms with E-state index in [1.807, 2.05) is 6.07 Å². The number of ether oxygens (including phenoxy) is 1. The van der Waals surface area contributed by atoms with Crippen LogP contribution in [0.15, 0.2) is 18.5 Å². The molecule has 1 aromatic heterocycles. The van der Waals surface area contributed by atoms with E-state index in [9.17, 15) is 0 Å². The van der Waals surface area contributed by atoms with Gasteiger partial charge in [-0.2, -0.15) is 0 Å². The highest BCUT2D eigenvalue weighted by Crippen LogP contribution is 2.32. The van der Waals surface area contributed by atoms with Gasteiger partial charge in [-0.1, -0.05) is 0 Å². The predicted molar refractivity (Wildman–Crippen MR) is 56.3 cm³/mol. The van der Waals surface area contributed by atoms with E-state index in [1.54, 1.807) is 19.5 Å². The van der Waals surface area contributed by atoms with Crippen LogP contribution in [0, 0.1) is 0 Å². The van der Waals surface area contributed by atoms with Crippen molar-refractivity contribution in [1.29, 1.82) is 0 Å². The van der Waals surface area contributed by atoms with Crippen molar-refractivity contribution in [1.82, 2.24) is 4.98 Å². The number of nitrogen functional groups attached to an aromatic ring is 1. The lowest BCUT2D eigenvalue weighted by Gasteiger charge is -2.48. The first kappa shape index (κ1) is 9.27. The molecule has 76 valence electrons. The lowest BCUT2D eigenvalue weighted by Crippen LogP contribution is -2.61. The number of rotatable bonds is 2. The molecule has 4 nitrogen and oxygen atoms in total. The molecule has 1 aliphatic rings. The average Bonchev–Trinajstić information content (AvgIpc) is 2.14. The molecule has 4 heteroatoms. The molecule has 0 aromatic carbocycles. The minimum atomic E-state index is -0.0181. The fourth-order valence-corrected chi connectivity index (χ4v) is 1.75. The summed E-state index contributed by atoms with van der Waals surface area (Å²) in [6.07, 6.45) is 3.44. The van der Waals surface area contributed by atoms with Gasteiger partial charge in [0.1, 0.15) is 0 Å². The summed E-state index contributed by atoms with van der Waals surface area (Å²) in [5.41, 5.74) is 7.58. The molecular weight excluding hydrogens is 178 g/mol. The zero-order valence-corrected chi connectivity index (χ0v) is 8.53. The van der Waals surface area contributed by atoms with Crippen molar-refractivity contribution < 1.29 is 4.74 Å². The van der Waals surface area contributed by atoms with Crippen LogP contribution in [-0.2, 0) is 4.74 Å². The normalized spacial score (nSPS) is 19.1. The Hall–Kier alpha value is -1.29. The molecule has 14 heavy (non-hydrogen) atoms. The number of methoxy groups -OCH3 is 1. The first-order valence-corrected chi connectivity index (χ1v) is 4.64. The molecule has 1 fully saturated rings. The Labute approximate surface area is 83.7 Å². The third kappa shape index (κ3) is 1.42. The molecule has 0 saturated carbocycles. The van der Waals surface area contributed by atoms with Crippen LogP contribution in [0.2, 0.25) is 0 Å². The highest BCUT2D eigenvalue weighted by Gasteiger charge is 2.39. The molecule has 0 bridgehead atoms. The Bertz CT molecular complexity index is 334. The Morgan fingerprint density at radius 2 is 2.29 bits per heavy atom. The maximum absolute atomic E-state index is 5.82. The fourth-order valence-electron chi connectivity index (χ4n) is 1.75. The van der Waals surface area contributed by atoms with Gasteiger partial charge in [-0.15, -0.1) is 0 Å². The molecule has 2 N–H and O–H groups in total. The van der Waals surface area contributed by atoms with Crippen molar-refractivity contribution in [2.75, 3.05) is 30.8 Å². The van der Waals surface area contributed by atoms with Crippen LogP contribution >= 0.6 is 0 Å². The quantitative estimate of drug-likeness (QED) is 0.757. The number of hydrogen-bond donors (Lipinski definition) is 1. The van der Waals surface area contributed by atoms with Crippen LogP contribution in [0.4, 0.5) is 11.4 Å². The van der Waals surface area contributed by atoms with E-state index in [2.05, 4.69) is 16.8 Å². The molecule has 0 radical (unpaired) electrons. The SMILES string of the molecule is COC1(C)CN(c2ccncc2N)C1. The second-order valence-electron chi connectivity index (χ2n) is 3.94. The number of hydrogen-bond acceptors (Lipinski definition) is 4. The van der Waals surface area contributed by atoms with Crippen molar-refractivity contribution in [2.24, 2.45) is 0 Å². The topological polar surface area (TPSA) is 51.4 Å².